The average molecular weight is 403 g/mol. The Kier molecular flexibility index (Phi) is 4.75. The third-order valence-electron chi connectivity index (χ3n) is 4.76. The smallest absolute Gasteiger partial charge is 0.341 e. The SMILES string of the molecule is COC(=O)c1ccc(-c2cnn(C)c2-c2ccc3ccccc3c2C#N)nc1Cl. The number of carbonyl (C=O) groups excluding carboxylic acids is 1. The van der Waals surface area contributed by atoms with E-state index < -0.39 is 5.97 Å². The van der Waals surface area contributed by atoms with Gasteiger partial charge in [0.1, 0.15) is 11.2 Å². The zero-order chi connectivity index (χ0) is 20.5. The Labute approximate surface area is 171 Å². The van der Waals surface area contributed by atoms with E-state index in [2.05, 4.69) is 16.2 Å². The van der Waals surface area contributed by atoms with Crippen LogP contribution in [-0.2, 0) is 11.8 Å². The van der Waals surface area contributed by atoms with Crippen molar-refractivity contribution in [1.29, 1.82) is 5.26 Å². The molecule has 4 rings (SSSR count). The quantitative estimate of drug-likeness (QED) is 0.369. The van der Waals surface area contributed by atoms with Crippen molar-refractivity contribution in [3.63, 3.8) is 0 Å². The molecule has 0 unspecified atom stereocenters. The van der Waals surface area contributed by atoms with Gasteiger partial charge in [-0.25, -0.2) is 9.78 Å². The Balaban J connectivity index is 1.93. The number of aryl methyl sites for hydroxylation is 1. The first-order chi connectivity index (χ1) is 14.0. The molecule has 2 heterocycles. The monoisotopic (exact) mass is 402 g/mol. The predicted octanol–water partition coefficient (Wildman–Crippen LogP) is 4.61. The third-order valence-corrected chi connectivity index (χ3v) is 5.05. The van der Waals surface area contributed by atoms with Crippen LogP contribution < -0.4 is 0 Å². The van der Waals surface area contributed by atoms with Crippen LogP contribution in [0.3, 0.4) is 0 Å². The molecule has 0 N–H and O–H groups in total. The lowest BCUT2D eigenvalue weighted by atomic mass is 9.95. The Morgan fingerprint density at radius 3 is 2.66 bits per heavy atom. The number of carbonyl (C=O) groups is 1. The maximum atomic E-state index is 11.8. The number of ether oxygens (including phenoxy) is 1. The summed E-state index contributed by atoms with van der Waals surface area (Å²) in [5.41, 5.74) is 3.48. The van der Waals surface area contributed by atoms with Gasteiger partial charge in [0.15, 0.2) is 0 Å². The minimum atomic E-state index is -0.554. The molecule has 142 valence electrons. The Hall–Kier alpha value is -3.69. The van der Waals surface area contributed by atoms with Gasteiger partial charge in [0.25, 0.3) is 0 Å². The van der Waals surface area contributed by atoms with Gasteiger partial charge in [-0.2, -0.15) is 10.4 Å². The molecule has 7 heteroatoms. The first-order valence-corrected chi connectivity index (χ1v) is 9.12. The fraction of sp³-hybridized carbons (Fsp3) is 0.0909. The number of benzene rings is 2. The third kappa shape index (κ3) is 3.12. The maximum Gasteiger partial charge on any atom is 0.341 e. The molecule has 4 aromatic rings. The van der Waals surface area contributed by atoms with Crippen molar-refractivity contribution in [3.05, 3.63) is 71.0 Å². The Morgan fingerprint density at radius 1 is 1.14 bits per heavy atom. The zero-order valence-electron chi connectivity index (χ0n) is 15.7. The van der Waals surface area contributed by atoms with Crippen molar-refractivity contribution in [2.75, 3.05) is 7.11 Å². The predicted molar refractivity (Wildman–Crippen MR) is 110 cm³/mol. The van der Waals surface area contributed by atoms with E-state index >= 15 is 0 Å². The fourth-order valence-corrected chi connectivity index (χ4v) is 3.61. The lowest BCUT2D eigenvalue weighted by molar-refractivity contribution is 0.0600. The molecule has 0 atom stereocenters. The summed E-state index contributed by atoms with van der Waals surface area (Å²) in [4.78, 5) is 16.1. The van der Waals surface area contributed by atoms with E-state index in [0.717, 1.165) is 22.0 Å². The number of halogens is 1. The molecular formula is C22H15ClN4O2. The van der Waals surface area contributed by atoms with E-state index in [1.165, 1.54) is 7.11 Å². The molecule has 2 aromatic carbocycles. The molecule has 0 saturated heterocycles. The van der Waals surface area contributed by atoms with E-state index in [-0.39, 0.29) is 10.7 Å². The Bertz CT molecular complexity index is 1300. The second-order valence-electron chi connectivity index (χ2n) is 6.38. The van der Waals surface area contributed by atoms with Crippen LogP contribution in [0.4, 0.5) is 0 Å². The number of pyridine rings is 1. The van der Waals surface area contributed by atoms with Gasteiger partial charge in [0.05, 0.1) is 35.8 Å². The van der Waals surface area contributed by atoms with Crippen molar-refractivity contribution < 1.29 is 9.53 Å². The normalized spacial score (nSPS) is 10.7. The van der Waals surface area contributed by atoms with Crippen LogP contribution >= 0.6 is 11.6 Å². The van der Waals surface area contributed by atoms with Gasteiger partial charge in [-0.05, 0) is 17.5 Å². The minimum Gasteiger partial charge on any atom is -0.465 e. The van der Waals surface area contributed by atoms with Gasteiger partial charge < -0.3 is 4.74 Å². The summed E-state index contributed by atoms with van der Waals surface area (Å²) < 4.78 is 6.41. The maximum absolute atomic E-state index is 11.8. The second kappa shape index (κ2) is 7.38. The summed E-state index contributed by atoms with van der Waals surface area (Å²) in [5, 5.41) is 16.1. The summed E-state index contributed by atoms with van der Waals surface area (Å²) in [6.07, 6.45) is 1.67. The number of hydrogen-bond acceptors (Lipinski definition) is 5. The number of nitriles is 1. The summed E-state index contributed by atoms with van der Waals surface area (Å²) >= 11 is 6.20. The van der Waals surface area contributed by atoms with E-state index in [4.69, 9.17) is 16.3 Å². The van der Waals surface area contributed by atoms with Crippen LogP contribution in [0.15, 0.2) is 54.7 Å². The van der Waals surface area contributed by atoms with Crippen LogP contribution in [-0.4, -0.2) is 27.8 Å². The number of rotatable bonds is 3. The molecule has 2 aromatic heterocycles. The largest absolute Gasteiger partial charge is 0.465 e. The topological polar surface area (TPSA) is 80.8 Å². The number of fused-ring (bicyclic) bond motifs is 1. The molecule has 0 fully saturated rings. The van der Waals surface area contributed by atoms with Gasteiger partial charge >= 0.3 is 5.97 Å². The van der Waals surface area contributed by atoms with Crippen molar-refractivity contribution in [1.82, 2.24) is 14.8 Å². The van der Waals surface area contributed by atoms with Gasteiger partial charge in [-0.15, -0.1) is 0 Å². The van der Waals surface area contributed by atoms with Crippen molar-refractivity contribution in [3.8, 4) is 28.6 Å². The molecule has 0 aliphatic heterocycles. The number of esters is 1. The zero-order valence-corrected chi connectivity index (χ0v) is 16.4. The van der Waals surface area contributed by atoms with Gasteiger partial charge in [-0.3, -0.25) is 4.68 Å². The van der Waals surface area contributed by atoms with Crippen molar-refractivity contribution in [2.45, 2.75) is 0 Å². The summed E-state index contributed by atoms with van der Waals surface area (Å²) in [5.74, 6) is -0.554. The van der Waals surface area contributed by atoms with E-state index in [1.807, 2.05) is 36.4 Å². The molecule has 0 spiro atoms. The number of aromatic nitrogens is 3. The molecular weight excluding hydrogens is 388 g/mol. The van der Waals surface area contributed by atoms with Crippen LogP contribution in [0, 0.1) is 11.3 Å². The standard InChI is InChI=1S/C22H15ClN4O2/c1-27-20(15-8-7-13-5-3-4-6-14(13)17(15)11-24)18(12-25-27)19-10-9-16(21(23)26-19)22(28)29-2/h3-10,12H,1-2H3. The highest BCUT2D eigenvalue weighted by atomic mass is 35.5. The van der Waals surface area contributed by atoms with Crippen LogP contribution in [0.25, 0.3) is 33.3 Å². The van der Waals surface area contributed by atoms with E-state index in [0.29, 0.717) is 16.8 Å². The highest BCUT2D eigenvalue weighted by Gasteiger charge is 2.20. The summed E-state index contributed by atoms with van der Waals surface area (Å²) in [6.45, 7) is 0. The van der Waals surface area contributed by atoms with Crippen LogP contribution in [0.1, 0.15) is 15.9 Å². The van der Waals surface area contributed by atoms with Crippen molar-refractivity contribution >= 4 is 28.3 Å². The number of nitrogens with zero attached hydrogens (tertiary/aromatic N) is 4. The highest BCUT2D eigenvalue weighted by molar-refractivity contribution is 6.32. The molecule has 6 nitrogen and oxygen atoms in total. The molecule has 0 aliphatic rings. The molecule has 0 radical (unpaired) electrons. The van der Waals surface area contributed by atoms with E-state index in [1.54, 1.807) is 30.1 Å². The molecule has 0 bridgehead atoms. The fourth-order valence-electron chi connectivity index (χ4n) is 3.38. The van der Waals surface area contributed by atoms with Gasteiger partial charge in [0.2, 0.25) is 0 Å². The molecule has 0 amide bonds. The summed E-state index contributed by atoms with van der Waals surface area (Å²) in [7, 11) is 3.09. The van der Waals surface area contributed by atoms with E-state index in [9.17, 15) is 10.1 Å². The second-order valence-corrected chi connectivity index (χ2v) is 6.74. The Morgan fingerprint density at radius 2 is 1.93 bits per heavy atom. The van der Waals surface area contributed by atoms with Gasteiger partial charge in [0, 0.05) is 23.6 Å². The lowest BCUT2D eigenvalue weighted by Crippen LogP contribution is -2.04. The van der Waals surface area contributed by atoms with Crippen LogP contribution in [0.5, 0.6) is 0 Å². The average Bonchev–Trinajstić information content (AvgIpc) is 3.13. The number of hydrogen-bond donors (Lipinski definition) is 0. The first kappa shape index (κ1) is 18.7. The van der Waals surface area contributed by atoms with Gasteiger partial charge in [-0.1, -0.05) is 48.0 Å². The van der Waals surface area contributed by atoms with Crippen molar-refractivity contribution in [2.24, 2.45) is 7.05 Å². The first-order valence-electron chi connectivity index (χ1n) is 8.74. The van der Waals surface area contributed by atoms with Crippen LogP contribution in [0.2, 0.25) is 5.15 Å². The molecule has 0 aliphatic carbocycles. The lowest BCUT2D eigenvalue weighted by Gasteiger charge is -2.11. The number of methoxy groups -OCH3 is 1. The molecule has 29 heavy (non-hydrogen) atoms. The highest BCUT2D eigenvalue weighted by Crippen LogP contribution is 2.36. The summed E-state index contributed by atoms with van der Waals surface area (Å²) in [6, 6.07) is 17.2. The minimum absolute atomic E-state index is 0.0446. The molecule has 0 saturated carbocycles.